The van der Waals surface area contributed by atoms with Crippen LogP contribution >= 0.6 is 11.6 Å². The van der Waals surface area contributed by atoms with Crippen LogP contribution < -0.4 is 5.32 Å². The molecule has 1 N–H and O–H groups in total. The van der Waals surface area contributed by atoms with Crippen molar-refractivity contribution in [3.63, 3.8) is 0 Å². The fourth-order valence-corrected chi connectivity index (χ4v) is 3.15. The van der Waals surface area contributed by atoms with E-state index in [1.54, 1.807) is 0 Å². The Morgan fingerprint density at radius 2 is 1.88 bits per heavy atom. The fraction of sp³-hybridized carbons (Fsp3) is 0.556. The Hall–Kier alpha value is -1.59. The predicted octanol–water partition coefficient (Wildman–Crippen LogP) is 1.94. The molecule has 5 nitrogen and oxygen atoms in total. The highest BCUT2D eigenvalue weighted by molar-refractivity contribution is 6.31. The Morgan fingerprint density at radius 1 is 1.17 bits per heavy atom. The van der Waals surface area contributed by atoms with E-state index in [-0.39, 0.29) is 11.8 Å². The van der Waals surface area contributed by atoms with Crippen molar-refractivity contribution in [3.8, 4) is 0 Å². The molecule has 0 saturated carbocycles. The number of rotatable bonds is 7. The molecule has 0 unspecified atom stereocenters. The monoisotopic (exact) mass is 351 g/mol. The fourth-order valence-electron chi connectivity index (χ4n) is 2.92. The first kappa shape index (κ1) is 18.7. The molecule has 1 saturated heterocycles. The number of halogens is 1. The van der Waals surface area contributed by atoms with Crippen LogP contribution in [0.4, 0.5) is 0 Å². The number of carbonyl (C=O) groups is 2. The van der Waals surface area contributed by atoms with Crippen LogP contribution in [-0.2, 0) is 16.0 Å². The number of nitrogens with one attached hydrogen (secondary N) is 1. The van der Waals surface area contributed by atoms with Gasteiger partial charge in [0, 0.05) is 51.1 Å². The van der Waals surface area contributed by atoms with Crippen LogP contribution in [0.25, 0.3) is 0 Å². The summed E-state index contributed by atoms with van der Waals surface area (Å²) in [4.78, 5) is 27.2. The summed E-state index contributed by atoms with van der Waals surface area (Å²) in [5.74, 6) is 0.0330. The van der Waals surface area contributed by atoms with Gasteiger partial charge in [-0.25, -0.2) is 0 Å². The van der Waals surface area contributed by atoms with Crippen molar-refractivity contribution < 1.29 is 9.59 Å². The van der Waals surface area contributed by atoms with E-state index in [1.165, 1.54) is 12.5 Å². The Labute approximate surface area is 149 Å². The number of piperazine rings is 1. The van der Waals surface area contributed by atoms with Crippen LogP contribution in [0.15, 0.2) is 24.3 Å². The Morgan fingerprint density at radius 3 is 2.54 bits per heavy atom. The lowest BCUT2D eigenvalue weighted by atomic mass is 10.1. The van der Waals surface area contributed by atoms with E-state index in [4.69, 9.17) is 11.6 Å². The van der Waals surface area contributed by atoms with Gasteiger partial charge in [0.1, 0.15) is 0 Å². The SMILES string of the molecule is CC(=O)NCCC(=O)N1CCN(CCCc2ccccc2Cl)CC1. The van der Waals surface area contributed by atoms with Gasteiger partial charge in [0.25, 0.3) is 0 Å². The van der Waals surface area contributed by atoms with Crippen molar-refractivity contribution in [1.29, 1.82) is 0 Å². The van der Waals surface area contributed by atoms with Gasteiger partial charge in [0.05, 0.1) is 0 Å². The van der Waals surface area contributed by atoms with Crippen molar-refractivity contribution in [1.82, 2.24) is 15.1 Å². The third-order valence-corrected chi connectivity index (χ3v) is 4.68. The van der Waals surface area contributed by atoms with E-state index < -0.39 is 0 Å². The summed E-state index contributed by atoms with van der Waals surface area (Å²) in [6.45, 7) is 6.27. The highest BCUT2D eigenvalue weighted by Gasteiger charge is 2.20. The summed E-state index contributed by atoms with van der Waals surface area (Å²) in [6, 6.07) is 7.98. The summed E-state index contributed by atoms with van der Waals surface area (Å²) < 4.78 is 0. The molecule has 0 bridgehead atoms. The van der Waals surface area contributed by atoms with Gasteiger partial charge in [0.15, 0.2) is 0 Å². The summed E-state index contributed by atoms with van der Waals surface area (Å²) in [5, 5.41) is 3.50. The van der Waals surface area contributed by atoms with E-state index in [1.807, 2.05) is 23.1 Å². The maximum Gasteiger partial charge on any atom is 0.224 e. The zero-order valence-electron chi connectivity index (χ0n) is 14.3. The maximum atomic E-state index is 12.1. The molecule has 1 fully saturated rings. The minimum atomic E-state index is -0.0915. The lowest BCUT2D eigenvalue weighted by Gasteiger charge is -2.34. The second kappa shape index (κ2) is 9.64. The average molecular weight is 352 g/mol. The van der Waals surface area contributed by atoms with Crippen LogP contribution in [0, 0.1) is 0 Å². The van der Waals surface area contributed by atoms with Crippen LogP contribution in [0.5, 0.6) is 0 Å². The van der Waals surface area contributed by atoms with E-state index >= 15 is 0 Å². The number of amides is 2. The lowest BCUT2D eigenvalue weighted by Crippen LogP contribution is -2.49. The smallest absolute Gasteiger partial charge is 0.224 e. The molecule has 1 aliphatic rings. The molecule has 0 spiro atoms. The molecule has 1 aromatic rings. The lowest BCUT2D eigenvalue weighted by molar-refractivity contribution is -0.132. The van der Waals surface area contributed by atoms with E-state index in [0.29, 0.717) is 13.0 Å². The molecule has 0 radical (unpaired) electrons. The molecule has 6 heteroatoms. The van der Waals surface area contributed by atoms with Crippen LogP contribution in [0.3, 0.4) is 0 Å². The summed E-state index contributed by atoms with van der Waals surface area (Å²) in [7, 11) is 0. The zero-order chi connectivity index (χ0) is 17.4. The van der Waals surface area contributed by atoms with Crippen molar-refractivity contribution >= 4 is 23.4 Å². The summed E-state index contributed by atoms with van der Waals surface area (Å²) >= 11 is 6.18. The van der Waals surface area contributed by atoms with Crippen LogP contribution in [-0.4, -0.2) is 60.9 Å². The van der Waals surface area contributed by atoms with Gasteiger partial charge in [-0.2, -0.15) is 0 Å². The molecule has 0 atom stereocenters. The van der Waals surface area contributed by atoms with E-state index in [0.717, 1.165) is 50.6 Å². The van der Waals surface area contributed by atoms with Gasteiger partial charge in [-0.3, -0.25) is 14.5 Å². The highest BCUT2D eigenvalue weighted by Crippen LogP contribution is 2.17. The van der Waals surface area contributed by atoms with Crippen LogP contribution in [0.2, 0.25) is 5.02 Å². The molecular weight excluding hydrogens is 326 g/mol. The first-order valence-electron chi connectivity index (χ1n) is 8.54. The number of carbonyl (C=O) groups excluding carboxylic acids is 2. The van der Waals surface area contributed by atoms with Gasteiger partial charge in [0.2, 0.25) is 11.8 Å². The normalized spacial score (nSPS) is 15.3. The second-order valence-corrected chi connectivity index (χ2v) is 6.56. The number of aryl methyl sites for hydroxylation is 1. The average Bonchev–Trinajstić information content (AvgIpc) is 2.57. The predicted molar refractivity (Wildman–Crippen MR) is 96.1 cm³/mol. The van der Waals surface area contributed by atoms with Crippen molar-refractivity contribution in [2.24, 2.45) is 0 Å². The molecule has 1 heterocycles. The number of nitrogens with zero attached hydrogens (tertiary/aromatic N) is 2. The number of hydrogen-bond acceptors (Lipinski definition) is 3. The number of hydrogen-bond donors (Lipinski definition) is 1. The van der Waals surface area contributed by atoms with Gasteiger partial charge in [-0.1, -0.05) is 29.8 Å². The molecule has 2 rings (SSSR count). The minimum absolute atomic E-state index is 0.0915. The van der Waals surface area contributed by atoms with Crippen molar-refractivity contribution in [3.05, 3.63) is 34.9 Å². The summed E-state index contributed by atoms with van der Waals surface area (Å²) in [6.07, 6.45) is 2.43. The topological polar surface area (TPSA) is 52.7 Å². The standard InChI is InChI=1S/C18H26ClN3O2/c1-15(23)20-9-8-18(24)22-13-11-21(12-14-22)10-4-6-16-5-2-3-7-17(16)19/h2-3,5,7H,4,6,8-14H2,1H3,(H,20,23). The zero-order valence-corrected chi connectivity index (χ0v) is 15.0. The molecule has 0 aliphatic carbocycles. The molecule has 132 valence electrons. The first-order chi connectivity index (χ1) is 11.6. The quantitative estimate of drug-likeness (QED) is 0.816. The molecule has 1 aliphatic heterocycles. The molecule has 1 aromatic carbocycles. The maximum absolute atomic E-state index is 12.1. The molecule has 0 aromatic heterocycles. The van der Waals surface area contributed by atoms with Gasteiger partial charge in [-0.05, 0) is 31.0 Å². The van der Waals surface area contributed by atoms with Crippen LogP contribution in [0.1, 0.15) is 25.3 Å². The molecule has 2 amide bonds. The minimum Gasteiger partial charge on any atom is -0.356 e. The second-order valence-electron chi connectivity index (χ2n) is 6.15. The van der Waals surface area contributed by atoms with E-state index in [9.17, 15) is 9.59 Å². The summed E-state index contributed by atoms with van der Waals surface area (Å²) in [5.41, 5.74) is 1.20. The third kappa shape index (κ3) is 6.13. The Kier molecular flexibility index (Phi) is 7.53. The highest BCUT2D eigenvalue weighted by atomic mass is 35.5. The van der Waals surface area contributed by atoms with Crippen molar-refractivity contribution in [2.45, 2.75) is 26.2 Å². The Balaban J connectivity index is 1.63. The molecular formula is C18H26ClN3O2. The van der Waals surface area contributed by atoms with Gasteiger partial charge in [-0.15, -0.1) is 0 Å². The van der Waals surface area contributed by atoms with Crippen molar-refractivity contribution in [2.75, 3.05) is 39.3 Å². The first-order valence-corrected chi connectivity index (χ1v) is 8.92. The van der Waals surface area contributed by atoms with Gasteiger partial charge >= 0.3 is 0 Å². The molecule has 24 heavy (non-hydrogen) atoms. The number of benzene rings is 1. The van der Waals surface area contributed by atoms with E-state index in [2.05, 4.69) is 16.3 Å². The van der Waals surface area contributed by atoms with Gasteiger partial charge < -0.3 is 10.2 Å². The Bertz CT molecular complexity index is 557. The largest absolute Gasteiger partial charge is 0.356 e. The third-order valence-electron chi connectivity index (χ3n) is 4.32.